The van der Waals surface area contributed by atoms with E-state index in [0.29, 0.717) is 15.9 Å². The van der Waals surface area contributed by atoms with E-state index in [4.69, 9.17) is 16.3 Å². The van der Waals surface area contributed by atoms with Crippen molar-refractivity contribution in [2.45, 2.75) is 24.7 Å². The van der Waals surface area contributed by atoms with Crippen LogP contribution in [0.15, 0.2) is 39.0 Å². The van der Waals surface area contributed by atoms with Crippen LogP contribution in [0.4, 0.5) is 0 Å². The zero-order valence-corrected chi connectivity index (χ0v) is 18.2. The van der Waals surface area contributed by atoms with E-state index in [-0.39, 0.29) is 35.9 Å². The lowest BCUT2D eigenvalue weighted by molar-refractivity contribution is -0.114. The molecule has 3 rings (SSSR count). The zero-order valence-electron chi connectivity index (χ0n) is 16.7. The Bertz CT molecular complexity index is 1200. The molecule has 0 spiro atoms. The number of Topliss-reactive ketones (excluding diaryl/α,β-unsaturated/α-hetero) is 1. The Hall–Kier alpha value is -2.56. The molecule has 1 atom stereocenters. The summed E-state index contributed by atoms with van der Waals surface area (Å²) in [6.07, 6.45) is -0.975. The highest BCUT2D eigenvalue weighted by Gasteiger charge is 2.21. The van der Waals surface area contributed by atoms with Gasteiger partial charge in [-0.2, -0.15) is 0 Å². The van der Waals surface area contributed by atoms with E-state index in [1.54, 1.807) is 24.3 Å². The molecule has 1 N–H and O–H groups in total. The number of halogens is 1. The third-order valence-corrected chi connectivity index (χ3v) is 5.74. The summed E-state index contributed by atoms with van der Waals surface area (Å²) in [5.41, 5.74) is -0.663. The lowest BCUT2D eigenvalue weighted by atomic mass is 10.3. The van der Waals surface area contributed by atoms with Crippen LogP contribution in [0, 0.1) is 0 Å². The fourth-order valence-electron chi connectivity index (χ4n) is 2.86. The molecule has 0 radical (unpaired) electrons. The first-order valence-electron chi connectivity index (χ1n) is 9.04. The first-order chi connectivity index (χ1) is 14.2. The molecular weight excluding hydrogens is 432 g/mol. The average molecular weight is 453 g/mol. The van der Waals surface area contributed by atoms with Gasteiger partial charge in [0.05, 0.1) is 12.3 Å². The molecule has 30 heavy (non-hydrogen) atoms. The van der Waals surface area contributed by atoms with E-state index < -0.39 is 17.4 Å². The van der Waals surface area contributed by atoms with E-state index in [0.717, 1.165) is 16.3 Å². The molecule has 2 aromatic heterocycles. The predicted octanol–water partition coefficient (Wildman–Crippen LogP) is 1.21. The number of aliphatic hydroxyl groups excluding tert-OH is 1. The molecule has 0 saturated heterocycles. The molecule has 0 amide bonds. The molecule has 9 nitrogen and oxygen atoms in total. The number of benzene rings is 1. The Morgan fingerprint density at radius 2 is 1.90 bits per heavy atom. The fraction of sp³-hybridized carbons (Fsp3) is 0.368. The smallest absolute Gasteiger partial charge is 0.332 e. The lowest BCUT2D eigenvalue weighted by Gasteiger charge is -2.15. The number of fused-ring (bicyclic) bond motifs is 1. The fourth-order valence-corrected chi connectivity index (χ4v) is 3.79. The molecule has 2 heterocycles. The Morgan fingerprint density at radius 3 is 2.53 bits per heavy atom. The van der Waals surface area contributed by atoms with E-state index in [1.165, 1.54) is 30.2 Å². The van der Waals surface area contributed by atoms with Gasteiger partial charge in [0.25, 0.3) is 5.56 Å². The largest absolute Gasteiger partial charge is 0.491 e. The SMILES string of the molecule is CC(=O)CSc1nc2c(c(=O)n(C)c(=O)n2C)n1CC(O)COc1ccc(Cl)cc1. The molecule has 0 bridgehead atoms. The maximum Gasteiger partial charge on any atom is 0.332 e. The highest BCUT2D eigenvalue weighted by molar-refractivity contribution is 7.99. The summed E-state index contributed by atoms with van der Waals surface area (Å²) in [5.74, 6) is 0.625. The Balaban J connectivity index is 1.94. The van der Waals surface area contributed by atoms with Gasteiger partial charge in [-0.15, -0.1) is 0 Å². The quantitative estimate of drug-likeness (QED) is 0.511. The van der Waals surface area contributed by atoms with Gasteiger partial charge in [0.2, 0.25) is 0 Å². The second kappa shape index (κ2) is 9.07. The summed E-state index contributed by atoms with van der Waals surface area (Å²) in [6.45, 7) is 1.41. The maximum atomic E-state index is 12.8. The normalized spacial score (nSPS) is 12.3. The van der Waals surface area contributed by atoms with E-state index in [2.05, 4.69) is 4.98 Å². The predicted molar refractivity (Wildman–Crippen MR) is 115 cm³/mol. The van der Waals surface area contributed by atoms with Crippen molar-refractivity contribution >= 4 is 40.3 Å². The van der Waals surface area contributed by atoms with Gasteiger partial charge in [-0.1, -0.05) is 23.4 Å². The van der Waals surface area contributed by atoms with E-state index >= 15 is 0 Å². The number of hydrogen-bond donors (Lipinski definition) is 1. The first-order valence-corrected chi connectivity index (χ1v) is 10.4. The van der Waals surface area contributed by atoms with Crippen LogP contribution in [-0.2, 0) is 25.4 Å². The molecule has 1 aromatic carbocycles. The number of rotatable bonds is 8. The Morgan fingerprint density at radius 1 is 1.23 bits per heavy atom. The average Bonchev–Trinajstić information content (AvgIpc) is 3.07. The van der Waals surface area contributed by atoms with E-state index in [1.807, 2.05) is 0 Å². The molecule has 0 aliphatic rings. The number of nitrogens with zero attached hydrogens (tertiary/aromatic N) is 4. The van der Waals surface area contributed by atoms with Crippen LogP contribution in [0.5, 0.6) is 5.75 Å². The van der Waals surface area contributed by atoms with Crippen LogP contribution in [-0.4, -0.2) is 48.0 Å². The number of aromatic nitrogens is 4. The van der Waals surface area contributed by atoms with E-state index in [9.17, 15) is 19.5 Å². The van der Waals surface area contributed by atoms with Gasteiger partial charge >= 0.3 is 5.69 Å². The number of imidazole rings is 1. The van der Waals surface area contributed by atoms with Crippen LogP contribution in [0.1, 0.15) is 6.92 Å². The molecule has 160 valence electrons. The molecule has 1 unspecified atom stereocenters. The third kappa shape index (κ3) is 4.61. The Kier molecular flexibility index (Phi) is 6.69. The minimum atomic E-state index is -0.975. The summed E-state index contributed by atoms with van der Waals surface area (Å²) in [4.78, 5) is 40.8. The number of hydrogen-bond acceptors (Lipinski definition) is 7. The van der Waals surface area contributed by atoms with Gasteiger partial charge in [0.15, 0.2) is 16.3 Å². The summed E-state index contributed by atoms with van der Waals surface area (Å²) >= 11 is 6.99. The van der Waals surface area contributed by atoms with Crippen molar-refractivity contribution in [3.8, 4) is 5.75 Å². The number of ketones is 1. The number of ether oxygens (including phenoxy) is 1. The Labute approximate surface area is 180 Å². The van der Waals surface area contributed by atoms with Gasteiger partial charge < -0.3 is 14.4 Å². The zero-order chi connectivity index (χ0) is 22.0. The minimum Gasteiger partial charge on any atom is -0.491 e. The summed E-state index contributed by atoms with van der Waals surface area (Å²) in [5, 5.41) is 11.5. The molecule has 11 heteroatoms. The second-order valence-corrected chi connectivity index (χ2v) is 8.17. The minimum absolute atomic E-state index is 0.00221. The van der Waals surface area contributed by atoms with Crippen LogP contribution < -0.4 is 16.0 Å². The number of carbonyl (C=O) groups excluding carboxylic acids is 1. The summed E-state index contributed by atoms with van der Waals surface area (Å²) < 4.78 is 9.35. The van der Waals surface area contributed by atoms with Crippen molar-refractivity contribution in [1.29, 1.82) is 0 Å². The van der Waals surface area contributed by atoms with Crippen LogP contribution in [0.2, 0.25) is 5.02 Å². The molecule has 3 aromatic rings. The van der Waals surface area contributed by atoms with Crippen molar-refractivity contribution < 1.29 is 14.6 Å². The van der Waals surface area contributed by atoms with Crippen molar-refractivity contribution in [3.05, 3.63) is 50.1 Å². The van der Waals surface area contributed by atoms with Crippen molar-refractivity contribution in [1.82, 2.24) is 18.7 Å². The van der Waals surface area contributed by atoms with Gasteiger partial charge in [-0.3, -0.25) is 18.7 Å². The van der Waals surface area contributed by atoms with Crippen molar-refractivity contribution in [2.24, 2.45) is 14.1 Å². The standard InChI is InChI=1S/C19H21ClN4O5S/c1-11(25)10-30-18-21-16-15(17(27)23(3)19(28)22(16)2)24(18)8-13(26)9-29-14-6-4-12(20)5-7-14/h4-7,13,26H,8-10H2,1-3H3. The maximum absolute atomic E-state index is 12.8. The second-order valence-electron chi connectivity index (χ2n) is 6.79. The van der Waals surface area contributed by atoms with Crippen molar-refractivity contribution in [3.63, 3.8) is 0 Å². The van der Waals surface area contributed by atoms with Crippen LogP contribution in [0.3, 0.4) is 0 Å². The number of aliphatic hydroxyl groups is 1. The topological polar surface area (TPSA) is 108 Å². The van der Waals surface area contributed by atoms with Gasteiger partial charge in [-0.05, 0) is 31.2 Å². The molecular formula is C19H21ClN4O5S. The van der Waals surface area contributed by atoms with Crippen LogP contribution in [0.25, 0.3) is 11.2 Å². The number of carbonyl (C=O) groups is 1. The van der Waals surface area contributed by atoms with Crippen molar-refractivity contribution in [2.75, 3.05) is 12.4 Å². The lowest BCUT2D eigenvalue weighted by Crippen LogP contribution is -2.38. The van der Waals surface area contributed by atoms with Gasteiger partial charge in [0, 0.05) is 19.1 Å². The number of aryl methyl sites for hydroxylation is 1. The van der Waals surface area contributed by atoms with Crippen LogP contribution >= 0.6 is 23.4 Å². The number of thioether (sulfide) groups is 1. The highest BCUT2D eigenvalue weighted by atomic mass is 35.5. The summed E-state index contributed by atoms with van der Waals surface area (Å²) in [6, 6.07) is 6.71. The third-order valence-electron chi connectivity index (χ3n) is 4.37. The highest BCUT2D eigenvalue weighted by Crippen LogP contribution is 2.22. The molecule has 0 aliphatic heterocycles. The molecule has 0 fully saturated rings. The van der Waals surface area contributed by atoms with Gasteiger partial charge in [0.1, 0.15) is 24.2 Å². The summed E-state index contributed by atoms with van der Waals surface area (Å²) in [7, 11) is 2.89. The first kappa shape index (κ1) is 22.1. The van der Waals surface area contributed by atoms with Gasteiger partial charge in [-0.25, -0.2) is 9.78 Å². The molecule has 0 aliphatic carbocycles. The monoisotopic (exact) mass is 452 g/mol. The molecule has 0 saturated carbocycles.